The summed E-state index contributed by atoms with van der Waals surface area (Å²) in [5.41, 5.74) is 1.54. The van der Waals surface area contributed by atoms with Gasteiger partial charge in [0.05, 0.1) is 17.9 Å². The molecule has 0 N–H and O–H groups in total. The first-order chi connectivity index (χ1) is 5.90. The average Bonchev–Trinajstić information content (AvgIpc) is 2.17. The number of ether oxygens (including phenoxy) is 1. The molecule has 0 saturated heterocycles. The molecule has 3 heteroatoms. The van der Waals surface area contributed by atoms with Gasteiger partial charge in [0.2, 0.25) is 0 Å². The van der Waals surface area contributed by atoms with Crippen molar-refractivity contribution in [3.8, 4) is 11.8 Å². The second-order valence-corrected chi connectivity index (χ2v) is 2.73. The van der Waals surface area contributed by atoms with E-state index in [2.05, 4.69) is 4.98 Å². The Morgan fingerprint density at radius 3 is 3.33 bits per heavy atom. The van der Waals surface area contributed by atoms with Crippen LogP contribution in [0.2, 0.25) is 0 Å². The summed E-state index contributed by atoms with van der Waals surface area (Å²) in [6.45, 7) is 0.740. The first-order valence-corrected chi connectivity index (χ1v) is 3.92. The van der Waals surface area contributed by atoms with Crippen LogP contribution >= 0.6 is 0 Å². The van der Waals surface area contributed by atoms with Gasteiger partial charge in [-0.3, -0.25) is 4.98 Å². The second kappa shape index (κ2) is 2.82. The lowest BCUT2D eigenvalue weighted by Gasteiger charge is -2.15. The number of hydrogen-bond donors (Lipinski definition) is 0. The number of nitrogens with zero attached hydrogens (tertiary/aromatic N) is 2. The fourth-order valence-corrected chi connectivity index (χ4v) is 1.27. The van der Waals surface area contributed by atoms with E-state index >= 15 is 0 Å². The lowest BCUT2D eigenvalue weighted by Crippen LogP contribution is -2.09. The minimum Gasteiger partial charge on any atom is -0.492 e. The Bertz CT molecular complexity index is 341. The average molecular weight is 160 g/mol. The molecule has 1 aromatic rings. The Morgan fingerprint density at radius 1 is 1.58 bits per heavy atom. The van der Waals surface area contributed by atoms with Gasteiger partial charge in [-0.2, -0.15) is 5.26 Å². The van der Waals surface area contributed by atoms with Crippen LogP contribution in [0, 0.1) is 11.3 Å². The lowest BCUT2D eigenvalue weighted by molar-refractivity contribution is 0.285. The van der Waals surface area contributed by atoms with E-state index in [-0.39, 0.29) is 0 Å². The molecule has 0 aliphatic carbocycles. The molecule has 1 aliphatic heterocycles. The number of rotatable bonds is 0. The third-order valence-corrected chi connectivity index (χ3v) is 1.88. The van der Waals surface area contributed by atoms with E-state index in [0.717, 1.165) is 30.9 Å². The number of hydrogen-bond acceptors (Lipinski definition) is 3. The van der Waals surface area contributed by atoms with E-state index in [1.165, 1.54) is 0 Å². The summed E-state index contributed by atoms with van der Waals surface area (Å²) >= 11 is 0. The Morgan fingerprint density at radius 2 is 2.50 bits per heavy atom. The van der Waals surface area contributed by atoms with Gasteiger partial charge in [0, 0.05) is 12.3 Å². The molecule has 0 saturated carbocycles. The molecule has 0 atom stereocenters. The van der Waals surface area contributed by atoms with Crippen LogP contribution < -0.4 is 4.74 Å². The molecule has 1 aliphatic rings. The Balaban J connectivity index is 2.44. The SMILES string of the molecule is N#Cc1cnc2c(c1)OCCC2. The van der Waals surface area contributed by atoms with Gasteiger partial charge in [-0.1, -0.05) is 0 Å². The molecule has 0 radical (unpaired) electrons. The molecule has 0 spiro atoms. The number of pyridine rings is 1. The summed E-state index contributed by atoms with van der Waals surface area (Å²) < 4.78 is 5.35. The van der Waals surface area contributed by atoms with Gasteiger partial charge in [0.1, 0.15) is 11.8 Å². The van der Waals surface area contributed by atoms with Crippen LogP contribution in [0.25, 0.3) is 0 Å². The molecule has 3 nitrogen and oxygen atoms in total. The van der Waals surface area contributed by atoms with Crippen molar-refractivity contribution in [3.05, 3.63) is 23.5 Å². The van der Waals surface area contributed by atoms with Crippen LogP contribution in [-0.4, -0.2) is 11.6 Å². The van der Waals surface area contributed by atoms with Crippen LogP contribution in [0.4, 0.5) is 0 Å². The van der Waals surface area contributed by atoms with Crippen molar-refractivity contribution < 1.29 is 4.74 Å². The summed E-state index contributed by atoms with van der Waals surface area (Å²) in [5, 5.41) is 8.59. The molecule has 0 amide bonds. The molecule has 0 bridgehead atoms. The maximum absolute atomic E-state index is 8.59. The molecule has 1 aromatic heterocycles. The first kappa shape index (κ1) is 7.11. The van der Waals surface area contributed by atoms with Crippen molar-refractivity contribution in [2.24, 2.45) is 0 Å². The van der Waals surface area contributed by atoms with Crippen LogP contribution in [0.1, 0.15) is 17.7 Å². The zero-order valence-electron chi connectivity index (χ0n) is 6.58. The largest absolute Gasteiger partial charge is 0.492 e. The Labute approximate surface area is 70.6 Å². The number of fused-ring (bicyclic) bond motifs is 1. The summed E-state index contributed by atoms with van der Waals surface area (Å²) in [6.07, 6.45) is 3.57. The smallest absolute Gasteiger partial charge is 0.142 e. The first-order valence-electron chi connectivity index (χ1n) is 3.92. The third kappa shape index (κ3) is 1.12. The molecule has 60 valence electrons. The summed E-state index contributed by atoms with van der Waals surface area (Å²) in [5.74, 6) is 0.778. The fraction of sp³-hybridized carbons (Fsp3) is 0.333. The highest BCUT2D eigenvalue weighted by molar-refractivity contribution is 5.38. The maximum Gasteiger partial charge on any atom is 0.142 e. The lowest BCUT2D eigenvalue weighted by atomic mass is 10.1. The molecular formula is C9H8N2O. The normalized spacial score (nSPS) is 14.2. The van der Waals surface area contributed by atoms with E-state index in [0.29, 0.717) is 5.56 Å². The van der Waals surface area contributed by atoms with Crippen molar-refractivity contribution in [2.75, 3.05) is 6.61 Å². The number of aromatic nitrogens is 1. The third-order valence-electron chi connectivity index (χ3n) is 1.88. The zero-order chi connectivity index (χ0) is 8.39. The van der Waals surface area contributed by atoms with Gasteiger partial charge >= 0.3 is 0 Å². The number of aryl methyl sites for hydroxylation is 1. The highest BCUT2D eigenvalue weighted by atomic mass is 16.5. The Hall–Kier alpha value is -1.56. The van der Waals surface area contributed by atoms with Crippen LogP contribution in [0.15, 0.2) is 12.3 Å². The topological polar surface area (TPSA) is 45.9 Å². The number of nitriles is 1. The van der Waals surface area contributed by atoms with E-state index < -0.39 is 0 Å². The van der Waals surface area contributed by atoms with Crippen LogP contribution in [-0.2, 0) is 6.42 Å². The van der Waals surface area contributed by atoms with E-state index in [1.807, 2.05) is 6.07 Å². The predicted octanol–water partition coefficient (Wildman–Crippen LogP) is 1.28. The Kier molecular flexibility index (Phi) is 1.67. The van der Waals surface area contributed by atoms with Gasteiger partial charge in [0.25, 0.3) is 0 Å². The minimum absolute atomic E-state index is 0.565. The highest BCUT2D eigenvalue weighted by Gasteiger charge is 2.11. The van der Waals surface area contributed by atoms with Crippen LogP contribution in [0.5, 0.6) is 5.75 Å². The molecule has 0 aromatic carbocycles. The van der Waals surface area contributed by atoms with E-state index in [1.54, 1.807) is 12.3 Å². The fourth-order valence-electron chi connectivity index (χ4n) is 1.27. The van der Waals surface area contributed by atoms with Gasteiger partial charge < -0.3 is 4.74 Å². The van der Waals surface area contributed by atoms with E-state index in [9.17, 15) is 0 Å². The maximum atomic E-state index is 8.59. The van der Waals surface area contributed by atoms with Gasteiger partial charge in [-0.15, -0.1) is 0 Å². The van der Waals surface area contributed by atoms with Crippen molar-refractivity contribution >= 4 is 0 Å². The standard InChI is InChI=1S/C9H8N2O/c10-5-7-4-9-8(11-6-7)2-1-3-12-9/h4,6H,1-3H2. The van der Waals surface area contributed by atoms with Gasteiger partial charge in [0.15, 0.2) is 0 Å². The highest BCUT2D eigenvalue weighted by Crippen LogP contribution is 2.22. The minimum atomic E-state index is 0.565. The molecule has 2 rings (SSSR count). The van der Waals surface area contributed by atoms with Gasteiger partial charge in [-0.05, 0) is 12.8 Å². The van der Waals surface area contributed by atoms with Crippen molar-refractivity contribution in [2.45, 2.75) is 12.8 Å². The summed E-state index contributed by atoms with van der Waals surface area (Å²) in [7, 11) is 0. The molecule has 2 heterocycles. The monoisotopic (exact) mass is 160 g/mol. The van der Waals surface area contributed by atoms with Crippen LogP contribution in [0.3, 0.4) is 0 Å². The van der Waals surface area contributed by atoms with Crippen molar-refractivity contribution in [3.63, 3.8) is 0 Å². The molecule has 12 heavy (non-hydrogen) atoms. The zero-order valence-corrected chi connectivity index (χ0v) is 6.58. The molecule has 0 unspecified atom stereocenters. The van der Waals surface area contributed by atoms with Crippen molar-refractivity contribution in [1.82, 2.24) is 4.98 Å². The molecular weight excluding hydrogens is 152 g/mol. The van der Waals surface area contributed by atoms with E-state index in [4.69, 9.17) is 10.00 Å². The second-order valence-electron chi connectivity index (χ2n) is 2.73. The quantitative estimate of drug-likeness (QED) is 0.574. The molecule has 0 fully saturated rings. The summed E-state index contributed by atoms with van der Waals surface area (Å²) in [4.78, 5) is 4.14. The van der Waals surface area contributed by atoms with Crippen molar-refractivity contribution in [1.29, 1.82) is 5.26 Å². The predicted molar refractivity (Wildman–Crippen MR) is 42.8 cm³/mol. The van der Waals surface area contributed by atoms with Gasteiger partial charge in [-0.25, -0.2) is 0 Å². The summed E-state index contributed by atoms with van der Waals surface area (Å²) in [6, 6.07) is 3.79.